The second-order valence-corrected chi connectivity index (χ2v) is 5.09. The van der Waals surface area contributed by atoms with Crippen LogP contribution in [0.5, 0.6) is 0 Å². The van der Waals surface area contributed by atoms with Crippen molar-refractivity contribution in [3.05, 3.63) is 0 Å². The summed E-state index contributed by atoms with van der Waals surface area (Å²) in [6.07, 6.45) is -1.000. The van der Waals surface area contributed by atoms with Gasteiger partial charge in [-0.3, -0.25) is 0 Å². The molecule has 0 aliphatic carbocycles. The summed E-state index contributed by atoms with van der Waals surface area (Å²) < 4.78 is 27.3. The number of hydrogen-bond acceptors (Lipinski definition) is 9. The minimum absolute atomic E-state index is 0.00231. The summed E-state index contributed by atoms with van der Waals surface area (Å²) in [6, 6.07) is 0. The molecule has 0 amide bonds. The third-order valence-corrected chi connectivity index (χ3v) is 3.06. The van der Waals surface area contributed by atoms with Crippen molar-refractivity contribution in [2.24, 2.45) is 0 Å². The minimum atomic E-state index is -0.551. The molecule has 3 heterocycles. The fourth-order valence-electron chi connectivity index (χ4n) is 1.51. The molecule has 4 atom stereocenters. The van der Waals surface area contributed by atoms with Crippen molar-refractivity contribution in [1.29, 1.82) is 0 Å². The van der Waals surface area contributed by atoms with Gasteiger partial charge in [-0.1, -0.05) is 6.92 Å². The molecule has 9 nitrogen and oxygen atoms in total. The van der Waals surface area contributed by atoms with Gasteiger partial charge in [-0.2, -0.15) is 0 Å². The number of ether oxygens (including phenoxy) is 6. The highest BCUT2D eigenvalue weighted by molar-refractivity contribution is 5.62. The number of hydrogen-bond donors (Lipinski definition) is 0. The zero-order valence-electron chi connectivity index (χ0n) is 13.6. The molecule has 23 heavy (non-hydrogen) atoms. The molecule has 3 rings (SSSR count). The Kier molecular flexibility index (Phi) is 7.43. The molecule has 0 spiro atoms. The van der Waals surface area contributed by atoms with Crippen LogP contribution in [0.15, 0.2) is 0 Å². The zero-order chi connectivity index (χ0) is 17.4. The minimum Gasteiger partial charge on any atom is -0.430 e. The molecule has 0 aromatic heterocycles. The fraction of sp³-hybridized carbons (Fsp3) is 0.786. The van der Waals surface area contributed by atoms with Crippen molar-refractivity contribution in [2.75, 3.05) is 13.2 Å². The lowest BCUT2D eigenvalue weighted by atomic mass is 10.3. The molecule has 3 saturated heterocycles. The summed E-state index contributed by atoms with van der Waals surface area (Å²) in [4.78, 5) is 30.4. The average molecular weight is 334 g/mol. The van der Waals surface area contributed by atoms with Crippen LogP contribution in [-0.2, 0) is 28.4 Å². The van der Waals surface area contributed by atoms with Gasteiger partial charge in [0.25, 0.3) is 0 Å². The standard InChI is InChI=1S/2C5H8O3.C4H6O3/c1-3-4(2)8-5(6)7-3;1-2-4-3-7-5(6)8-4;1-3-2-6-4(5)7-3/h3-4H,1-2H3;4H,2-3H2,1H3;3H,2H2,1H3. The van der Waals surface area contributed by atoms with Crippen LogP contribution in [0.25, 0.3) is 0 Å². The summed E-state index contributed by atoms with van der Waals surface area (Å²) >= 11 is 0. The third kappa shape index (κ3) is 7.07. The SMILES string of the molecule is CC1COC(=O)O1.CC1OC(=O)OC1C.CCC1COC(=O)O1. The van der Waals surface area contributed by atoms with Gasteiger partial charge in [0.05, 0.1) is 0 Å². The molecule has 4 unspecified atom stereocenters. The van der Waals surface area contributed by atoms with Crippen LogP contribution < -0.4 is 0 Å². The van der Waals surface area contributed by atoms with E-state index in [0.29, 0.717) is 13.2 Å². The Morgan fingerprint density at radius 1 is 0.783 bits per heavy atom. The van der Waals surface area contributed by atoms with E-state index in [1.54, 1.807) is 20.8 Å². The first-order valence-electron chi connectivity index (χ1n) is 7.35. The second-order valence-electron chi connectivity index (χ2n) is 5.09. The van der Waals surface area contributed by atoms with Gasteiger partial charge in [0.2, 0.25) is 0 Å². The van der Waals surface area contributed by atoms with E-state index in [9.17, 15) is 14.4 Å². The molecule has 0 saturated carbocycles. The first-order chi connectivity index (χ1) is 10.8. The summed E-state index contributed by atoms with van der Waals surface area (Å²) in [5.74, 6) is 0. The summed E-state index contributed by atoms with van der Waals surface area (Å²) in [5.41, 5.74) is 0. The molecule has 9 heteroatoms. The molecule has 132 valence electrons. The van der Waals surface area contributed by atoms with Gasteiger partial charge in [0, 0.05) is 0 Å². The van der Waals surface area contributed by atoms with Crippen molar-refractivity contribution in [1.82, 2.24) is 0 Å². The van der Waals surface area contributed by atoms with Crippen molar-refractivity contribution in [2.45, 2.75) is 58.5 Å². The van der Waals surface area contributed by atoms with E-state index in [1.807, 2.05) is 6.92 Å². The highest BCUT2D eigenvalue weighted by Gasteiger charge is 2.28. The van der Waals surface area contributed by atoms with Crippen molar-refractivity contribution < 1.29 is 42.8 Å². The van der Waals surface area contributed by atoms with Crippen LogP contribution in [-0.4, -0.2) is 56.1 Å². The lowest BCUT2D eigenvalue weighted by Gasteiger charge is -2.00. The first-order valence-corrected chi connectivity index (χ1v) is 7.35. The van der Waals surface area contributed by atoms with Gasteiger partial charge >= 0.3 is 18.5 Å². The van der Waals surface area contributed by atoms with Crippen LogP contribution in [0.1, 0.15) is 34.1 Å². The molecule has 0 aromatic rings. The molecule has 3 aliphatic rings. The third-order valence-electron chi connectivity index (χ3n) is 3.06. The van der Waals surface area contributed by atoms with E-state index < -0.39 is 18.5 Å². The van der Waals surface area contributed by atoms with Crippen LogP contribution >= 0.6 is 0 Å². The van der Waals surface area contributed by atoms with Gasteiger partial charge in [-0.25, -0.2) is 14.4 Å². The fourth-order valence-corrected chi connectivity index (χ4v) is 1.51. The summed E-state index contributed by atoms with van der Waals surface area (Å²) in [5, 5.41) is 0. The van der Waals surface area contributed by atoms with Gasteiger partial charge in [-0.15, -0.1) is 0 Å². The van der Waals surface area contributed by atoms with Gasteiger partial charge < -0.3 is 28.4 Å². The monoisotopic (exact) mass is 334 g/mol. The molecular formula is C14H22O9. The average Bonchev–Trinajstić information content (AvgIpc) is 3.14. The summed E-state index contributed by atoms with van der Waals surface area (Å²) in [6.45, 7) is 8.16. The maximum Gasteiger partial charge on any atom is 0.509 e. The van der Waals surface area contributed by atoms with Gasteiger partial charge in [-0.05, 0) is 27.2 Å². The molecule has 0 radical (unpaired) electrons. The van der Waals surface area contributed by atoms with E-state index in [-0.39, 0.29) is 24.4 Å². The van der Waals surface area contributed by atoms with Crippen molar-refractivity contribution in [3.63, 3.8) is 0 Å². The predicted molar refractivity (Wildman–Crippen MR) is 74.9 cm³/mol. The Balaban J connectivity index is 0.000000173. The molecule has 3 fully saturated rings. The van der Waals surface area contributed by atoms with Gasteiger partial charge in [0.15, 0.2) is 0 Å². The second kappa shape index (κ2) is 9.06. The molecule has 0 N–H and O–H groups in total. The topological polar surface area (TPSA) is 107 Å². The maximum atomic E-state index is 10.2. The largest absolute Gasteiger partial charge is 0.509 e. The van der Waals surface area contributed by atoms with Crippen molar-refractivity contribution >= 4 is 18.5 Å². The number of carbonyl (C=O) groups excluding carboxylic acids is 3. The van der Waals surface area contributed by atoms with Crippen molar-refractivity contribution in [3.8, 4) is 0 Å². The maximum absolute atomic E-state index is 10.2. The predicted octanol–water partition coefficient (Wildman–Crippen LogP) is 2.40. The Labute approximate surface area is 134 Å². The number of carbonyl (C=O) groups is 3. The van der Waals surface area contributed by atoms with Crippen LogP contribution in [0.2, 0.25) is 0 Å². The van der Waals surface area contributed by atoms with Crippen LogP contribution in [0.4, 0.5) is 14.4 Å². The molecule has 0 bridgehead atoms. The lowest BCUT2D eigenvalue weighted by Crippen LogP contribution is -2.13. The van der Waals surface area contributed by atoms with E-state index in [2.05, 4.69) is 28.4 Å². The molecule has 3 aliphatic heterocycles. The Hall–Kier alpha value is -2.19. The number of cyclic esters (lactones) is 6. The van der Waals surface area contributed by atoms with E-state index >= 15 is 0 Å². The highest BCUT2D eigenvalue weighted by Crippen LogP contribution is 2.12. The van der Waals surface area contributed by atoms with Gasteiger partial charge in [0.1, 0.15) is 37.6 Å². The van der Waals surface area contributed by atoms with Crippen LogP contribution in [0.3, 0.4) is 0 Å². The quantitative estimate of drug-likeness (QED) is 0.527. The smallest absolute Gasteiger partial charge is 0.430 e. The Morgan fingerprint density at radius 3 is 1.48 bits per heavy atom. The lowest BCUT2D eigenvalue weighted by molar-refractivity contribution is 0.116. The molecular weight excluding hydrogens is 312 g/mol. The Bertz CT molecular complexity index is 410. The molecule has 0 aromatic carbocycles. The van der Waals surface area contributed by atoms with E-state index in [4.69, 9.17) is 0 Å². The van der Waals surface area contributed by atoms with Crippen LogP contribution in [0, 0.1) is 0 Å². The zero-order valence-corrected chi connectivity index (χ0v) is 13.6. The van der Waals surface area contributed by atoms with E-state index in [1.165, 1.54) is 0 Å². The number of rotatable bonds is 1. The van der Waals surface area contributed by atoms with E-state index in [0.717, 1.165) is 6.42 Å². The first kappa shape index (κ1) is 18.9. The normalized spacial score (nSPS) is 31.0. The Morgan fingerprint density at radius 2 is 1.30 bits per heavy atom. The summed E-state index contributed by atoms with van der Waals surface area (Å²) in [7, 11) is 0. The highest BCUT2D eigenvalue weighted by atomic mass is 16.8.